The second-order valence-electron chi connectivity index (χ2n) is 4.81. The topological polar surface area (TPSA) is 55.3 Å². The van der Waals surface area contributed by atoms with Crippen molar-refractivity contribution < 1.29 is 9.53 Å². The number of piperidine rings is 1. The quantitative estimate of drug-likeness (QED) is 0.754. The molecule has 0 aromatic carbocycles. The van der Waals surface area contributed by atoms with Crippen molar-refractivity contribution in [1.82, 2.24) is 14.5 Å². The molecule has 0 bridgehead atoms. The number of hydrogen-bond donors (Lipinski definition) is 0. The molecule has 0 aliphatic carbocycles. The summed E-state index contributed by atoms with van der Waals surface area (Å²) in [7, 11) is 0. The summed E-state index contributed by atoms with van der Waals surface area (Å²) in [6.45, 7) is 3.62. The number of amides is 1. The molecule has 2 aliphatic rings. The molecule has 6 heteroatoms. The highest BCUT2D eigenvalue weighted by Crippen LogP contribution is 2.33. The fourth-order valence-electron chi connectivity index (χ4n) is 2.77. The molecule has 0 radical (unpaired) electrons. The largest absolute Gasteiger partial charge is 0.373 e. The molecule has 1 aromatic rings. The first-order chi connectivity index (χ1) is 8.24. The monoisotopic (exact) mass is 253 g/mol. The van der Waals surface area contributed by atoms with Crippen LogP contribution in [-0.2, 0) is 4.74 Å². The Morgan fingerprint density at radius 3 is 3.29 bits per heavy atom. The maximum absolute atomic E-state index is 12.1. The summed E-state index contributed by atoms with van der Waals surface area (Å²) in [5.41, 5.74) is 0.458. The number of nitrogens with zero attached hydrogens (tertiary/aromatic N) is 3. The fraction of sp³-hybridized carbons (Fsp3) is 0.727. The Balaban J connectivity index is 1.69. The predicted molar refractivity (Wildman–Crippen MR) is 62.9 cm³/mol. The van der Waals surface area contributed by atoms with Crippen molar-refractivity contribution in [3.63, 3.8) is 0 Å². The minimum Gasteiger partial charge on any atom is -0.373 e. The lowest BCUT2D eigenvalue weighted by Crippen LogP contribution is -2.45. The molecule has 3 heterocycles. The van der Waals surface area contributed by atoms with Gasteiger partial charge in [0.1, 0.15) is 0 Å². The molecule has 0 spiro atoms. The zero-order chi connectivity index (χ0) is 11.8. The summed E-state index contributed by atoms with van der Waals surface area (Å²) >= 11 is 1.21. The molecule has 17 heavy (non-hydrogen) atoms. The normalized spacial score (nSPS) is 32.5. The number of carbonyl (C=O) groups is 1. The van der Waals surface area contributed by atoms with Crippen molar-refractivity contribution in [3.05, 3.63) is 11.1 Å². The maximum Gasteiger partial charge on any atom is 0.275 e. The van der Waals surface area contributed by atoms with Gasteiger partial charge in [0.05, 0.1) is 12.2 Å². The van der Waals surface area contributed by atoms with Crippen LogP contribution < -0.4 is 0 Å². The van der Waals surface area contributed by atoms with E-state index in [0.717, 1.165) is 19.4 Å². The highest BCUT2D eigenvalue weighted by molar-refractivity contribution is 7.03. The first-order valence-corrected chi connectivity index (χ1v) is 6.79. The summed E-state index contributed by atoms with van der Waals surface area (Å²) in [5, 5.41) is 5.53. The number of hydrogen-bond acceptors (Lipinski definition) is 5. The number of rotatable bonds is 1. The standard InChI is InChI=1S/C11H15N3O2S/c1-7-4-8-2-3-14(5-10(8)16-7)11(15)9-6-17-13-12-9/h6-8,10H,2-5H2,1H3/t7-,8+,10-/m1/s1. The van der Waals surface area contributed by atoms with Gasteiger partial charge in [0.15, 0.2) is 5.69 Å². The third-order valence-electron chi connectivity index (χ3n) is 3.60. The van der Waals surface area contributed by atoms with E-state index in [4.69, 9.17) is 4.74 Å². The molecule has 2 aliphatic heterocycles. The van der Waals surface area contributed by atoms with E-state index in [1.807, 2.05) is 4.90 Å². The van der Waals surface area contributed by atoms with Crippen LogP contribution in [0.2, 0.25) is 0 Å². The van der Waals surface area contributed by atoms with Gasteiger partial charge in [0.25, 0.3) is 5.91 Å². The molecular weight excluding hydrogens is 238 g/mol. The molecule has 1 aromatic heterocycles. The van der Waals surface area contributed by atoms with Crippen LogP contribution in [0.25, 0.3) is 0 Å². The van der Waals surface area contributed by atoms with Crippen LogP contribution >= 0.6 is 11.5 Å². The summed E-state index contributed by atoms with van der Waals surface area (Å²) in [6.07, 6.45) is 2.72. The molecular formula is C11H15N3O2S. The van der Waals surface area contributed by atoms with Crippen molar-refractivity contribution >= 4 is 17.4 Å². The lowest BCUT2D eigenvalue weighted by molar-refractivity contribution is 0.00138. The van der Waals surface area contributed by atoms with Crippen molar-refractivity contribution in [3.8, 4) is 0 Å². The molecule has 3 rings (SSSR count). The van der Waals surface area contributed by atoms with Crippen LogP contribution in [0.5, 0.6) is 0 Å². The van der Waals surface area contributed by atoms with E-state index < -0.39 is 0 Å². The molecule has 1 amide bonds. The Labute approximate surface area is 104 Å². The van der Waals surface area contributed by atoms with E-state index in [-0.39, 0.29) is 12.0 Å². The Kier molecular flexibility index (Phi) is 2.84. The van der Waals surface area contributed by atoms with Gasteiger partial charge >= 0.3 is 0 Å². The van der Waals surface area contributed by atoms with E-state index in [2.05, 4.69) is 16.5 Å². The second-order valence-corrected chi connectivity index (χ2v) is 5.42. The van der Waals surface area contributed by atoms with Crippen LogP contribution in [-0.4, -0.2) is 45.7 Å². The Morgan fingerprint density at radius 1 is 1.65 bits per heavy atom. The van der Waals surface area contributed by atoms with Gasteiger partial charge in [0, 0.05) is 18.5 Å². The molecule has 0 unspecified atom stereocenters. The van der Waals surface area contributed by atoms with Gasteiger partial charge in [-0.2, -0.15) is 0 Å². The van der Waals surface area contributed by atoms with Crippen molar-refractivity contribution in [2.45, 2.75) is 32.0 Å². The van der Waals surface area contributed by atoms with Crippen LogP contribution in [0, 0.1) is 5.92 Å². The van der Waals surface area contributed by atoms with E-state index in [1.165, 1.54) is 11.5 Å². The summed E-state index contributed by atoms with van der Waals surface area (Å²) in [4.78, 5) is 13.9. The average molecular weight is 253 g/mol. The number of ether oxygens (including phenoxy) is 1. The SMILES string of the molecule is C[C@@H]1C[C@@H]2CCN(C(=O)c3csnn3)C[C@H]2O1. The Morgan fingerprint density at radius 2 is 2.53 bits per heavy atom. The van der Waals surface area contributed by atoms with E-state index in [9.17, 15) is 4.79 Å². The molecule has 2 saturated heterocycles. The van der Waals surface area contributed by atoms with Crippen LogP contribution in [0.3, 0.4) is 0 Å². The molecule has 3 atom stereocenters. The number of likely N-dealkylation sites (tertiary alicyclic amines) is 1. The molecule has 0 saturated carbocycles. The van der Waals surface area contributed by atoms with Gasteiger partial charge in [-0.15, -0.1) is 5.10 Å². The number of aromatic nitrogens is 2. The second kappa shape index (κ2) is 4.34. The molecule has 92 valence electrons. The van der Waals surface area contributed by atoms with E-state index in [0.29, 0.717) is 24.3 Å². The zero-order valence-corrected chi connectivity index (χ0v) is 10.5. The first-order valence-electron chi connectivity index (χ1n) is 5.96. The Bertz CT molecular complexity index is 409. The minimum absolute atomic E-state index is 0.0136. The third kappa shape index (κ3) is 2.07. The van der Waals surface area contributed by atoms with Gasteiger partial charge < -0.3 is 9.64 Å². The lowest BCUT2D eigenvalue weighted by atomic mass is 9.92. The minimum atomic E-state index is -0.0136. The van der Waals surface area contributed by atoms with Crippen molar-refractivity contribution in [2.75, 3.05) is 13.1 Å². The van der Waals surface area contributed by atoms with Gasteiger partial charge in [-0.3, -0.25) is 4.79 Å². The average Bonchev–Trinajstić information content (AvgIpc) is 2.94. The van der Waals surface area contributed by atoms with Crippen molar-refractivity contribution in [2.24, 2.45) is 5.92 Å². The molecule has 0 N–H and O–H groups in total. The van der Waals surface area contributed by atoms with Gasteiger partial charge in [-0.25, -0.2) is 0 Å². The summed E-state index contributed by atoms with van der Waals surface area (Å²) in [5.74, 6) is 0.614. The predicted octanol–water partition coefficient (Wildman–Crippen LogP) is 1.18. The van der Waals surface area contributed by atoms with Gasteiger partial charge in [-0.05, 0) is 37.2 Å². The van der Waals surface area contributed by atoms with Crippen LogP contribution in [0.1, 0.15) is 30.3 Å². The van der Waals surface area contributed by atoms with Gasteiger partial charge in [0.2, 0.25) is 0 Å². The van der Waals surface area contributed by atoms with Gasteiger partial charge in [-0.1, -0.05) is 4.49 Å². The van der Waals surface area contributed by atoms with E-state index in [1.54, 1.807) is 5.38 Å². The zero-order valence-electron chi connectivity index (χ0n) is 9.70. The Hall–Kier alpha value is -1.01. The first kappa shape index (κ1) is 11.1. The summed E-state index contributed by atoms with van der Waals surface area (Å²) < 4.78 is 9.57. The highest BCUT2D eigenvalue weighted by atomic mass is 32.1. The highest BCUT2D eigenvalue weighted by Gasteiger charge is 2.39. The van der Waals surface area contributed by atoms with E-state index >= 15 is 0 Å². The maximum atomic E-state index is 12.1. The van der Waals surface area contributed by atoms with Crippen LogP contribution in [0.15, 0.2) is 5.38 Å². The van der Waals surface area contributed by atoms with Crippen LogP contribution in [0.4, 0.5) is 0 Å². The molecule has 2 fully saturated rings. The third-order valence-corrected chi connectivity index (χ3v) is 4.11. The van der Waals surface area contributed by atoms with Crippen molar-refractivity contribution in [1.29, 1.82) is 0 Å². The fourth-order valence-corrected chi connectivity index (χ4v) is 3.20. The number of fused-ring (bicyclic) bond motifs is 1. The number of carbonyl (C=O) groups excluding carboxylic acids is 1. The smallest absolute Gasteiger partial charge is 0.275 e. The summed E-state index contributed by atoms with van der Waals surface area (Å²) in [6, 6.07) is 0. The lowest BCUT2D eigenvalue weighted by Gasteiger charge is -2.33. The molecule has 5 nitrogen and oxygen atoms in total.